The highest BCUT2D eigenvalue weighted by atomic mass is 16.3. The molecule has 1 aliphatic rings. The molecule has 13 heavy (non-hydrogen) atoms. The summed E-state index contributed by atoms with van der Waals surface area (Å²) in [7, 11) is 0. The number of hydrogen-bond acceptors (Lipinski definition) is 2. The first kappa shape index (κ1) is 11.0. The van der Waals surface area contributed by atoms with Crippen LogP contribution in [0.1, 0.15) is 40.0 Å². The number of rotatable bonds is 3. The molecule has 0 aromatic heterocycles. The van der Waals surface area contributed by atoms with Crippen LogP contribution in [-0.4, -0.2) is 35.7 Å². The maximum atomic E-state index is 9.50. The van der Waals surface area contributed by atoms with E-state index in [1.807, 2.05) is 6.92 Å². The summed E-state index contributed by atoms with van der Waals surface area (Å²) in [6.07, 6.45) is 3.29. The van der Waals surface area contributed by atoms with Crippen molar-refractivity contribution in [3.8, 4) is 0 Å². The Morgan fingerprint density at radius 2 is 1.85 bits per heavy atom. The molecule has 1 saturated heterocycles. The lowest BCUT2D eigenvalue weighted by Crippen LogP contribution is -2.41. The van der Waals surface area contributed by atoms with E-state index in [9.17, 15) is 5.11 Å². The van der Waals surface area contributed by atoms with E-state index in [0.717, 1.165) is 26.1 Å². The van der Waals surface area contributed by atoms with Crippen LogP contribution in [-0.2, 0) is 0 Å². The molecule has 0 aromatic rings. The molecule has 1 fully saturated rings. The number of likely N-dealkylation sites (tertiary alicyclic amines) is 1. The van der Waals surface area contributed by atoms with Gasteiger partial charge in [-0.3, -0.25) is 0 Å². The Labute approximate surface area is 81.9 Å². The van der Waals surface area contributed by atoms with Gasteiger partial charge in [0.2, 0.25) is 0 Å². The van der Waals surface area contributed by atoms with Gasteiger partial charge in [-0.2, -0.15) is 0 Å². The summed E-state index contributed by atoms with van der Waals surface area (Å²) in [6, 6.07) is 0. The summed E-state index contributed by atoms with van der Waals surface area (Å²) in [6.45, 7) is 9.89. The molecule has 1 heterocycles. The topological polar surface area (TPSA) is 23.5 Å². The predicted molar refractivity (Wildman–Crippen MR) is 55.8 cm³/mol. The highest BCUT2D eigenvalue weighted by Crippen LogP contribution is 2.29. The molecule has 0 bridgehead atoms. The average molecular weight is 185 g/mol. The Bertz CT molecular complexity index is 146. The highest BCUT2D eigenvalue weighted by molar-refractivity contribution is 4.79. The Morgan fingerprint density at radius 1 is 1.31 bits per heavy atom. The number of aliphatic hydroxyl groups is 1. The molecule has 2 nitrogen and oxygen atoms in total. The van der Waals surface area contributed by atoms with E-state index < -0.39 is 0 Å². The lowest BCUT2D eigenvalue weighted by molar-refractivity contribution is 0.0688. The van der Waals surface area contributed by atoms with Crippen molar-refractivity contribution in [2.45, 2.75) is 46.1 Å². The molecule has 0 saturated carbocycles. The van der Waals surface area contributed by atoms with Crippen LogP contribution in [0.25, 0.3) is 0 Å². The van der Waals surface area contributed by atoms with Gasteiger partial charge < -0.3 is 10.0 Å². The molecular formula is C11H23NO. The van der Waals surface area contributed by atoms with E-state index >= 15 is 0 Å². The fourth-order valence-corrected chi connectivity index (χ4v) is 1.77. The van der Waals surface area contributed by atoms with Crippen LogP contribution in [0.4, 0.5) is 0 Å². The number of β-amino-alcohol motifs (C(OH)–C–C–N with tert-alkyl or cyclic N) is 1. The molecular weight excluding hydrogens is 162 g/mol. The minimum absolute atomic E-state index is 0.124. The second kappa shape index (κ2) is 4.43. The third-order valence-electron chi connectivity index (χ3n) is 3.15. The van der Waals surface area contributed by atoms with E-state index in [1.165, 1.54) is 12.8 Å². The monoisotopic (exact) mass is 185 g/mol. The number of hydrogen-bond donors (Lipinski definition) is 1. The van der Waals surface area contributed by atoms with Gasteiger partial charge in [-0.1, -0.05) is 20.8 Å². The van der Waals surface area contributed by atoms with E-state index in [-0.39, 0.29) is 6.10 Å². The molecule has 1 atom stereocenters. The SMILES string of the molecule is CCC(O)CN1CCC(C)(C)CC1. The summed E-state index contributed by atoms with van der Waals surface area (Å²) in [5.41, 5.74) is 0.521. The largest absolute Gasteiger partial charge is 0.392 e. The molecule has 1 unspecified atom stereocenters. The standard InChI is InChI=1S/C11H23NO/c1-4-10(13)9-12-7-5-11(2,3)6-8-12/h10,13H,4-9H2,1-3H3. The van der Waals surface area contributed by atoms with Crippen molar-refractivity contribution >= 4 is 0 Å². The van der Waals surface area contributed by atoms with Gasteiger partial charge in [0, 0.05) is 6.54 Å². The van der Waals surface area contributed by atoms with Crippen molar-refractivity contribution in [2.24, 2.45) is 5.41 Å². The quantitative estimate of drug-likeness (QED) is 0.725. The van der Waals surface area contributed by atoms with Gasteiger partial charge in [-0.15, -0.1) is 0 Å². The third-order valence-corrected chi connectivity index (χ3v) is 3.15. The summed E-state index contributed by atoms with van der Waals surface area (Å²) >= 11 is 0. The lowest BCUT2D eigenvalue weighted by atomic mass is 9.82. The minimum atomic E-state index is -0.124. The predicted octanol–water partition coefficient (Wildman–Crippen LogP) is 1.88. The zero-order chi connectivity index (χ0) is 9.90. The molecule has 1 N–H and O–H groups in total. The van der Waals surface area contributed by atoms with Crippen LogP contribution in [0.5, 0.6) is 0 Å². The summed E-state index contributed by atoms with van der Waals surface area (Å²) < 4.78 is 0. The molecule has 0 aromatic carbocycles. The number of aliphatic hydroxyl groups excluding tert-OH is 1. The Hall–Kier alpha value is -0.0800. The fraction of sp³-hybridized carbons (Fsp3) is 1.00. The van der Waals surface area contributed by atoms with Gasteiger partial charge in [0.1, 0.15) is 0 Å². The van der Waals surface area contributed by atoms with Crippen molar-refractivity contribution < 1.29 is 5.11 Å². The highest BCUT2D eigenvalue weighted by Gasteiger charge is 2.25. The molecule has 0 amide bonds. The van der Waals surface area contributed by atoms with Crippen LogP contribution < -0.4 is 0 Å². The van der Waals surface area contributed by atoms with Gasteiger partial charge in [0.15, 0.2) is 0 Å². The zero-order valence-electron chi connectivity index (χ0n) is 9.21. The van der Waals surface area contributed by atoms with Crippen molar-refractivity contribution in [2.75, 3.05) is 19.6 Å². The maximum Gasteiger partial charge on any atom is 0.0664 e. The Morgan fingerprint density at radius 3 is 2.31 bits per heavy atom. The van der Waals surface area contributed by atoms with Crippen molar-refractivity contribution in [3.05, 3.63) is 0 Å². The van der Waals surface area contributed by atoms with Gasteiger partial charge in [0.25, 0.3) is 0 Å². The second-order valence-electron chi connectivity index (χ2n) is 5.03. The molecule has 0 radical (unpaired) electrons. The first-order valence-electron chi connectivity index (χ1n) is 5.44. The molecule has 1 aliphatic heterocycles. The molecule has 1 rings (SSSR count). The van der Waals surface area contributed by atoms with Gasteiger partial charge >= 0.3 is 0 Å². The molecule has 78 valence electrons. The Balaban J connectivity index is 2.25. The van der Waals surface area contributed by atoms with E-state index in [0.29, 0.717) is 5.41 Å². The normalized spacial score (nSPS) is 25.8. The second-order valence-corrected chi connectivity index (χ2v) is 5.03. The van der Waals surface area contributed by atoms with E-state index in [2.05, 4.69) is 18.7 Å². The lowest BCUT2D eigenvalue weighted by Gasteiger charge is -2.37. The first-order chi connectivity index (χ1) is 6.03. The van der Waals surface area contributed by atoms with Gasteiger partial charge in [-0.05, 0) is 37.8 Å². The summed E-state index contributed by atoms with van der Waals surface area (Å²) in [5, 5.41) is 9.50. The smallest absolute Gasteiger partial charge is 0.0664 e. The van der Waals surface area contributed by atoms with Crippen LogP contribution in [0, 0.1) is 5.41 Å². The van der Waals surface area contributed by atoms with Crippen molar-refractivity contribution in [3.63, 3.8) is 0 Å². The number of nitrogens with zero attached hydrogens (tertiary/aromatic N) is 1. The Kier molecular flexibility index (Phi) is 3.74. The molecule has 2 heteroatoms. The minimum Gasteiger partial charge on any atom is -0.392 e. The van der Waals surface area contributed by atoms with Gasteiger partial charge in [-0.25, -0.2) is 0 Å². The summed E-state index contributed by atoms with van der Waals surface area (Å²) in [4.78, 5) is 2.39. The number of piperidine rings is 1. The van der Waals surface area contributed by atoms with Crippen molar-refractivity contribution in [1.82, 2.24) is 4.90 Å². The van der Waals surface area contributed by atoms with Gasteiger partial charge in [0.05, 0.1) is 6.10 Å². The summed E-state index contributed by atoms with van der Waals surface area (Å²) in [5.74, 6) is 0. The third kappa shape index (κ3) is 3.65. The molecule has 0 aliphatic carbocycles. The van der Waals surface area contributed by atoms with Crippen LogP contribution in [0.15, 0.2) is 0 Å². The molecule has 0 spiro atoms. The zero-order valence-corrected chi connectivity index (χ0v) is 9.21. The van der Waals surface area contributed by atoms with E-state index in [1.54, 1.807) is 0 Å². The first-order valence-corrected chi connectivity index (χ1v) is 5.44. The van der Waals surface area contributed by atoms with Crippen LogP contribution in [0.3, 0.4) is 0 Å². The van der Waals surface area contributed by atoms with E-state index in [4.69, 9.17) is 0 Å². The van der Waals surface area contributed by atoms with Crippen molar-refractivity contribution in [1.29, 1.82) is 0 Å². The van der Waals surface area contributed by atoms with Crippen LogP contribution >= 0.6 is 0 Å². The van der Waals surface area contributed by atoms with Crippen LogP contribution in [0.2, 0.25) is 0 Å². The fourth-order valence-electron chi connectivity index (χ4n) is 1.77. The maximum absolute atomic E-state index is 9.50. The average Bonchev–Trinajstić information content (AvgIpc) is 2.08.